The fourth-order valence-electron chi connectivity index (χ4n) is 10.7. The Balaban J connectivity index is 1.13. The number of nitrogens with one attached hydrogen (secondary N) is 8. The number of rotatable bonds is 37. The van der Waals surface area contributed by atoms with Crippen LogP contribution in [0.2, 0.25) is 0 Å². The van der Waals surface area contributed by atoms with Crippen LogP contribution >= 0.6 is 23.5 Å². The number of aliphatic hydroxyl groups excluding tert-OH is 2. The van der Waals surface area contributed by atoms with E-state index in [1.807, 2.05) is 0 Å². The third kappa shape index (κ3) is 21.6. The molecule has 2 heterocycles. The number of phenols is 2. The minimum atomic E-state index is -1.91. The summed E-state index contributed by atoms with van der Waals surface area (Å²) in [5.74, 6) is -16.7. The number of benzene rings is 4. The number of hydrogen-bond donors (Lipinski definition) is 17. The zero-order chi connectivity index (χ0) is 73.7. The number of amides is 11. The summed E-state index contributed by atoms with van der Waals surface area (Å²) >= 11 is 2.47. The molecule has 0 radical (unpaired) electrons. The maximum atomic E-state index is 14.4. The highest BCUT2D eigenvalue weighted by Crippen LogP contribution is 2.42. The largest absolute Gasteiger partial charge is 0.508 e. The third-order valence-corrected chi connectivity index (χ3v) is 17.0. The van der Waals surface area contributed by atoms with Gasteiger partial charge in [0.1, 0.15) is 77.2 Å². The van der Waals surface area contributed by atoms with E-state index in [2.05, 4.69) is 42.5 Å². The molecular formula is C64H75N11O23S2. The number of primary amides is 2. The first kappa shape index (κ1) is 78.1. The molecule has 1 saturated heterocycles. The minimum absolute atomic E-state index is 0.0717. The molecule has 19 N–H and O–H groups in total. The quantitative estimate of drug-likeness (QED) is 0.0184. The molecule has 536 valence electrons. The van der Waals surface area contributed by atoms with Gasteiger partial charge in [0.25, 0.3) is 5.91 Å². The van der Waals surface area contributed by atoms with E-state index >= 15 is 0 Å². The molecule has 1 unspecified atom stereocenters. The molecule has 1 aliphatic carbocycles. The summed E-state index contributed by atoms with van der Waals surface area (Å²) in [6.07, 6.45) is -0.489. The number of aromatic carboxylic acids is 1. The highest BCUT2D eigenvalue weighted by molar-refractivity contribution is 7.98. The number of carboxylic acid groups (broad SMARTS) is 3. The van der Waals surface area contributed by atoms with Crippen LogP contribution in [-0.2, 0) is 64.0 Å². The van der Waals surface area contributed by atoms with Crippen LogP contribution in [0.5, 0.6) is 11.5 Å². The van der Waals surface area contributed by atoms with Crippen LogP contribution in [0.4, 0.5) is 0 Å². The molecule has 100 heavy (non-hydrogen) atoms. The topological polar surface area (TPSA) is 562 Å². The Bertz CT molecular complexity index is 3950. The maximum absolute atomic E-state index is 14.4. The van der Waals surface area contributed by atoms with Gasteiger partial charge >= 0.3 is 17.9 Å². The van der Waals surface area contributed by atoms with Gasteiger partial charge in [-0.05, 0) is 116 Å². The van der Waals surface area contributed by atoms with Gasteiger partial charge in [-0.1, -0.05) is 18.2 Å². The Kier molecular flexibility index (Phi) is 28.6. The second-order valence-corrected chi connectivity index (χ2v) is 24.9. The lowest BCUT2D eigenvalue weighted by molar-refractivity contribution is -0.144. The molecule has 2 aliphatic heterocycles. The first-order chi connectivity index (χ1) is 47.5. The summed E-state index contributed by atoms with van der Waals surface area (Å²) in [4.78, 5) is 200. The number of aliphatic carboxylic acids is 2. The van der Waals surface area contributed by atoms with E-state index in [0.717, 1.165) is 11.0 Å². The van der Waals surface area contributed by atoms with Crippen LogP contribution in [0.15, 0.2) is 88.1 Å². The lowest BCUT2D eigenvalue weighted by Gasteiger charge is -2.31. The summed E-state index contributed by atoms with van der Waals surface area (Å²) in [5, 5.41) is 89.2. The number of aliphatic hydroxyl groups is 2. The van der Waals surface area contributed by atoms with Gasteiger partial charge in [-0.25, -0.2) is 4.79 Å². The summed E-state index contributed by atoms with van der Waals surface area (Å²) < 4.78 is 5.88. The van der Waals surface area contributed by atoms with Crippen molar-refractivity contribution >= 4 is 117 Å². The molecule has 9 atom stereocenters. The summed E-state index contributed by atoms with van der Waals surface area (Å²) in [6, 6.07) is 1.56. The maximum Gasteiger partial charge on any atom is 0.336 e. The Morgan fingerprint density at radius 2 is 1.10 bits per heavy atom. The van der Waals surface area contributed by atoms with Crippen molar-refractivity contribution in [2.45, 2.75) is 112 Å². The second-order valence-electron chi connectivity index (χ2n) is 22.9. The number of aromatic hydroxyl groups is 2. The normalized spacial score (nSPS) is 15.0. The molecule has 3 aromatic rings. The minimum Gasteiger partial charge on any atom is -0.508 e. The molecule has 3 aromatic carbocycles. The number of carbonyl (C=O) groups excluding carboxylic acids is 11. The van der Waals surface area contributed by atoms with Crippen molar-refractivity contribution < 1.29 is 107 Å². The van der Waals surface area contributed by atoms with Crippen molar-refractivity contribution in [3.05, 3.63) is 106 Å². The van der Waals surface area contributed by atoms with Gasteiger partial charge in [-0.15, -0.1) is 0 Å². The smallest absolute Gasteiger partial charge is 0.336 e. The number of fused-ring (bicyclic) bond motifs is 2. The first-order valence-corrected chi connectivity index (χ1v) is 33.6. The Morgan fingerprint density at radius 1 is 0.570 bits per heavy atom. The number of phenolic OH excluding ortho intramolecular Hbond substituents is 2. The van der Waals surface area contributed by atoms with Crippen molar-refractivity contribution in [3.8, 4) is 33.9 Å². The van der Waals surface area contributed by atoms with Crippen molar-refractivity contribution in [1.29, 1.82) is 0 Å². The molecule has 11 amide bonds. The van der Waals surface area contributed by atoms with Crippen LogP contribution in [-0.4, -0.2) is 222 Å². The SMILES string of the molecule is CSCC[C@H](NC(=O)c1ccc(-c2c3ccc(=O)cc-3oc3cc(O)ccc23)c(C(=O)O)c1)C(=O)N[C@@H](CO)C(=O)N[C@@H](CO)C(=O)N[C@@H](CCSC)C(=O)N[C@@H](CC(N)=O)C(=O)N1CCCC1C(=O)N[C@@H](CCC(=O)O)C(=O)N[C@@H](Cc1ccc(O)cc1)C(=O)N[C@@H](CC(=O)O)C(N)=O. The zero-order valence-corrected chi connectivity index (χ0v) is 55.3. The van der Waals surface area contributed by atoms with E-state index in [1.165, 1.54) is 96.3 Å². The fraction of sp³-hybridized carbons (Fsp3) is 0.391. The Labute approximate surface area is 576 Å². The van der Waals surface area contributed by atoms with E-state index in [-0.39, 0.29) is 95.3 Å². The molecule has 36 heteroatoms. The van der Waals surface area contributed by atoms with Crippen molar-refractivity contribution in [2.75, 3.05) is 43.8 Å². The van der Waals surface area contributed by atoms with Crippen LogP contribution in [0.25, 0.3) is 33.4 Å². The average Bonchev–Trinajstić information content (AvgIpc) is 0.847. The summed E-state index contributed by atoms with van der Waals surface area (Å²) in [7, 11) is 0. The number of hydrogen-bond acceptors (Lipinski definition) is 22. The van der Waals surface area contributed by atoms with Crippen molar-refractivity contribution in [2.24, 2.45) is 11.5 Å². The van der Waals surface area contributed by atoms with E-state index in [0.29, 0.717) is 16.5 Å². The molecule has 1 fully saturated rings. The van der Waals surface area contributed by atoms with E-state index < -0.39 is 182 Å². The van der Waals surface area contributed by atoms with Crippen LogP contribution < -0.4 is 59.4 Å². The first-order valence-electron chi connectivity index (χ1n) is 30.8. The lowest BCUT2D eigenvalue weighted by atomic mass is 9.89. The molecule has 6 rings (SSSR count). The van der Waals surface area contributed by atoms with E-state index in [4.69, 9.17) is 15.9 Å². The standard InChI is InChI=1S/C64H75N11O23S2/c1-99-20-17-40(67-55(87)31-7-12-35(38(23-31)64(96)97)53-36-13-10-33(79)24-48(36)98-49-25-34(80)11-14-37(49)53)58(90)73-46(29-77)61(93)74-45(28-76)60(92)68-41(18-21-100-2)57(89)72-44(26-50(65)81)63(95)75-19-3-4-47(75)62(94)69-39(15-16-51(82)83)56(88)71-43(22-30-5-8-32(78)9-6-30)59(91)70-42(54(66)86)27-52(84)85/h5-14,23-25,39-47,76-79H,3-4,15-22,26-29H2,1-2H3,(H2,65,81)(H2,66,86)(H,67,87)(H,68,92)(H,69,94)(H,70,91)(H,71,88)(H,72,89)(H,73,90)(H,74,93)(H,82,83)(H,84,85)(H,96,97)/t39-,40-,41-,42-,43-,44-,45-,46-,47?/m0/s1. The summed E-state index contributed by atoms with van der Waals surface area (Å²) in [5.41, 5.74) is 10.9. The predicted molar refractivity (Wildman–Crippen MR) is 357 cm³/mol. The molecular weight excluding hydrogens is 1350 g/mol. The molecule has 34 nitrogen and oxygen atoms in total. The fourth-order valence-corrected chi connectivity index (χ4v) is 11.6. The van der Waals surface area contributed by atoms with Crippen LogP contribution in [0, 0.1) is 0 Å². The van der Waals surface area contributed by atoms with Gasteiger partial charge in [0.15, 0.2) is 5.43 Å². The van der Waals surface area contributed by atoms with Gasteiger partial charge < -0.3 is 99.1 Å². The summed E-state index contributed by atoms with van der Waals surface area (Å²) in [6.45, 7) is -2.46. The molecule has 0 bridgehead atoms. The van der Waals surface area contributed by atoms with Gasteiger partial charge in [-0.3, -0.25) is 67.1 Å². The number of nitrogens with two attached hydrogens (primary N) is 2. The van der Waals surface area contributed by atoms with Gasteiger partial charge in [0, 0.05) is 53.6 Å². The van der Waals surface area contributed by atoms with Crippen LogP contribution in [0.3, 0.4) is 0 Å². The Morgan fingerprint density at radius 3 is 1.66 bits per heavy atom. The second kappa shape index (κ2) is 36.7. The van der Waals surface area contributed by atoms with Gasteiger partial charge in [0.05, 0.1) is 31.6 Å². The number of likely N-dealkylation sites (tertiary alicyclic amines) is 1. The molecule has 0 aromatic heterocycles. The van der Waals surface area contributed by atoms with Crippen molar-refractivity contribution in [3.63, 3.8) is 0 Å². The third-order valence-electron chi connectivity index (χ3n) is 15.8. The van der Waals surface area contributed by atoms with Gasteiger partial charge in [-0.2, -0.15) is 23.5 Å². The molecule has 3 aliphatic rings. The number of thioether (sulfide) groups is 2. The lowest BCUT2D eigenvalue weighted by Crippen LogP contribution is -2.61. The highest BCUT2D eigenvalue weighted by atomic mass is 32.2. The molecule has 0 saturated carbocycles. The average molecular weight is 1430 g/mol. The molecule has 0 spiro atoms. The Hall–Kier alpha value is -10.9. The predicted octanol–water partition coefficient (Wildman–Crippen LogP) is -2.41. The van der Waals surface area contributed by atoms with Crippen LogP contribution in [0.1, 0.15) is 77.6 Å². The van der Waals surface area contributed by atoms with E-state index in [9.17, 15) is 108 Å². The number of nitrogens with zero attached hydrogens (tertiary/aromatic N) is 1. The van der Waals surface area contributed by atoms with Crippen molar-refractivity contribution in [1.82, 2.24) is 47.4 Å². The highest BCUT2D eigenvalue weighted by Gasteiger charge is 2.41. The monoisotopic (exact) mass is 1430 g/mol. The number of carboxylic acids is 3. The number of carbonyl (C=O) groups is 14. The van der Waals surface area contributed by atoms with Gasteiger partial charge in [0.2, 0.25) is 59.1 Å². The zero-order valence-electron chi connectivity index (χ0n) is 53.7. The van der Waals surface area contributed by atoms with E-state index in [1.54, 1.807) is 12.5 Å².